The molecular formula is C15H20N2O2S. The van der Waals surface area contributed by atoms with Crippen molar-refractivity contribution in [1.82, 2.24) is 5.32 Å². The molecule has 1 unspecified atom stereocenters. The van der Waals surface area contributed by atoms with Gasteiger partial charge >= 0.3 is 0 Å². The predicted molar refractivity (Wildman–Crippen MR) is 82.3 cm³/mol. The molecule has 3 N–H and O–H groups in total. The van der Waals surface area contributed by atoms with E-state index < -0.39 is 11.6 Å². The predicted octanol–water partition coefficient (Wildman–Crippen LogP) is 2.09. The van der Waals surface area contributed by atoms with Gasteiger partial charge in [0.05, 0.1) is 10.5 Å². The number of benzene rings is 1. The smallest absolute Gasteiger partial charge is 0.254 e. The first-order chi connectivity index (χ1) is 9.59. The third kappa shape index (κ3) is 2.99. The first kappa shape index (κ1) is 14.9. The van der Waals surface area contributed by atoms with Crippen molar-refractivity contribution in [2.45, 2.75) is 37.3 Å². The van der Waals surface area contributed by atoms with Crippen LogP contribution in [0.5, 0.6) is 0 Å². The largest absolute Gasteiger partial charge is 0.391 e. The van der Waals surface area contributed by atoms with E-state index in [1.165, 1.54) is 7.11 Å². The molecule has 0 heterocycles. The van der Waals surface area contributed by atoms with Gasteiger partial charge in [-0.15, -0.1) is 0 Å². The molecule has 1 aliphatic rings. The fourth-order valence-electron chi connectivity index (χ4n) is 2.74. The molecule has 108 valence electrons. The van der Waals surface area contributed by atoms with E-state index in [0.29, 0.717) is 4.99 Å². The summed E-state index contributed by atoms with van der Waals surface area (Å²) in [5, 5.41) is 3.01. The van der Waals surface area contributed by atoms with Gasteiger partial charge in [-0.3, -0.25) is 4.79 Å². The minimum Gasteiger partial charge on any atom is -0.391 e. The SMILES string of the molecule is COC(C(=O)NC1(C(N)=S)CCCC1)c1ccccc1. The van der Waals surface area contributed by atoms with E-state index in [1.54, 1.807) is 0 Å². The molecule has 1 aliphatic carbocycles. The van der Waals surface area contributed by atoms with Crippen LogP contribution >= 0.6 is 12.2 Å². The Hall–Kier alpha value is -1.46. The van der Waals surface area contributed by atoms with E-state index in [-0.39, 0.29) is 5.91 Å². The number of carbonyl (C=O) groups excluding carboxylic acids is 1. The zero-order chi connectivity index (χ0) is 14.6. The quantitative estimate of drug-likeness (QED) is 0.816. The first-order valence-corrected chi connectivity index (χ1v) is 7.19. The van der Waals surface area contributed by atoms with Crippen LogP contribution in [0, 0.1) is 0 Å². The van der Waals surface area contributed by atoms with Crippen molar-refractivity contribution < 1.29 is 9.53 Å². The molecule has 1 saturated carbocycles. The molecule has 0 bridgehead atoms. The van der Waals surface area contributed by atoms with Crippen LogP contribution < -0.4 is 11.1 Å². The standard InChI is InChI=1S/C15H20N2O2S/c1-19-12(11-7-3-2-4-8-11)13(18)17-15(14(16)20)9-5-6-10-15/h2-4,7-8,12H,5-6,9-10H2,1H3,(H2,16,20)(H,17,18). The molecule has 5 heteroatoms. The molecule has 1 aromatic rings. The van der Waals surface area contributed by atoms with Crippen LogP contribution in [0.3, 0.4) is 0 Å². The van der Waals surface area contributed by atoms with Gasteiger partial charge in [0.25, 0.3) is 5.91 Å². The van der Waals surface area contributed by atoms with Gasteiger partial charge < -0.3 is 15.8 Å². The zero-order valence-electron chi connectivity index (χ0n) is 11.6. The Morgan fingerprint density at radius 3 is 2.45 bits per heavy atom. The van der Waals surface area contributed by atoms with Crippen molar-refractivity contribution in [3.8, 4) is 0 Å². The molecule has 1 aromatic carbocycles. The van der Waals surface area contributed by atoms with Gasteiger partial charge in [-0.2, -0.15) is 0 Å². The highest BCUT2D eigenvalue weighted by Gasteiger charge is 2.39. The number of ether oxygens (including phenoxy) is 1. The van der Waals surface area contributed by atoms with Crippen LogP contribution in [0.2, 0.25) is 0 Å². The molecule has 1 amide bonds. The molecule has 2 rings (SSSR count). The van der Waals surface area contributed by atoms with Gasteiger partial charge in [0.15, 0.2) is 6.10 Å². The molecule has 0 spiro atoms. The molecule has 1 fully saturated rings. The fourth-order valence-corrected chi connectivity index (χ4v) is 2.99. The van der Waals surface area contributed by atoms with Crippen molar-refractivity contribution in [3.05, 3.63) is 35.9 Å². The molecule has 4 nitrogen and oxygen atoms in total. The van der Waals surface area contributed by atoms with Crippen LogP contribution in [-0.2, 0) is 9.53 Å². The van der Waals surface area contributed by atoms with E-state index in [0.717, 1.165) is 31.2 Å². The summed E-state index contributed by atoms with van der Waals surface area (Å²) in [5.41, 5.74) is 6.12. The minimum absolute atomic E-state index is 0.187. The highest BCUT2D eigenvalue weighted by Crippen LogP contribution is 2.31. The molecule has 20 heavy (non-hydrogen) atoms. The van der Waals surface area contributed by atoms with Gasteiger partial charge in [-0.05, 0) is 18.4 Å². The third-order valence-electron chi connectivity index (χ3n) is 3.87. The number of hydrogen-bond donors (Lipinski definition) is 2. The lowest BCUT2D eigenvalue weighted by Gasteiger charge is -2.30. The average molecular weight is 292 g/mol. The number of carbonyl (C=O) groups is 1. The maximum atomic E-state index is 12.5. The number of rotatable bonds is 5. The summed E-state index contributed by atoms with van der Waals surface area (Å²) in [7, 11) is 1.53. The lowest BCUT2D eigenvalue weighted by Crippen LogP contribution is -2.56. The normalized spacial score (nSPS) is 18.4. The minimum atomic E-state index is -0.636. The van der Waals surface area contributed by atoms with Crippen molar-refractivity contribution >= 4 is 23.1 Å². The summed E-state index contributed by atoms with van der Waals surface area (Å²) < 4.78 is 5.34. The second kappa shape index (κ2) is 6.33. The van der Waals surface area contributed by atoms with Gasteiger partial charge in [0.2, 0.25) is 0 Å². The van der Waals surface area contributed by atoms with Crippen LogP contribution in [-0.4, -0.2) is 23.5 Å². The van der Waals surface area contributed by atoms with Gasteiger partial charge in [-0.25, -0.2) is 0 Å². The Kier molecular flexibility index (Phi) is 4.73. The number of thiocarbonyl (C=S) groups is 1. The average Bonchev–Trinajstić information content (AvgIpc) is 2.90. The lowest BCUT2D eigenvalue weighted by molar-refractivity contribution is -0.132. The van der Waals surface area contributed by atoms with E-state index in [1.807, 2.05) is 30.3 Å². The summed E-state index contributed by atoms with van der Waals surface area (Å²) in [6.45, 7) is 0. The molecule has 0 radical (unpaired) electrons. The Morgan fingerprint density at radius 1 is 1.35 bits per heavy atom. The zero-order valence-corrected chi connectivity index (χ0v) is 12.4. The van der Waals surface area contributed by atoms with Crippen LogP contribution in [0.25, 0.3) is 0 Å². The van der Waals surface area contributed by atoms with Crippen LogP contribution in [0.4, 0.5) is 0 Å². The molecule has 0 saturated heterocycles. The second-order valence-corrected chi connectivity index (χ2v) is 5.61. The topological polar surface area (TPSA) is 64.3 Å². The Labute approximate surface area is 124 Å². The maximum Gasteiger partial charge on any atom is 0.254 e. The number of amides is 1. The first-order valence-electron chi connectivity index (χ1n) is 6.79. The van der Waals surface area contributed by atoms with Crippen molar-refractivity contribution in [2.24, 2.45) is 5.73 Å². The van der Waals surface area contributed by atoms with Gasteiger partial charge in [0, 0.05) is 7.11 Å². The summed E-state index contributed by atoms with van der Waals surface area (Å²) in [5.74, 6) is -0.187. The number of nitrogens with two attached hydrogens (primary N) is 1. The van der Waals surface area contributed by atoms with Crippen molar-refractivity contribution in [2.75, 3.05) is 7.11 Å². The maximum absolute atomic E-state index is 12.5. The van der Waals surface area contributed by atoms with E-state index in [9.17, 15) is 4.79 Å². The molecular weight excluding hydrogens is 272 g/mol. The summed E-state index contributed by atoms with van der Waals surface area (Å²) >= 11 is 5.15. The number of nitrogens with one attached hydrogen (secondary N) is 1. The van der Waals surface area contributed by atoms with E-state index in [2.05, 4.69) is 5.32 Å². The van der Waals surface area contributed by atoms with E-state index in [4.69, 9.17) is 22.7 Å². The number of hydrogen-bond acceptors (Lipinski definition) is 3. The van der Waals surface area contributed by atoms with Gasteiger partial charge in [0.1, 0.15) is 0 Å². The summed E-state index contributed by atoms with van der Waals surface area (Å²) in [6, 6.07) is 9.41. The highest BCUT2D eigenvalue weighted by molar-refractivity contribution is 7.80. The molecule has 0 aromatic heterocycles. The fraction of sp³-hybridized carbons (Fsp3) is 0.467. The highest BCUT2D eigenvalue weighted by atomic mass is 32.1. The molecule has 0 aliphatic heterocycles. The lowest BCUT2D eigenvalue weighted by atomic mass is 9.96. The van der Waals surface area contributed by atoms with Crippen molar-refractivity contribution in [3.63, 3.8) is 0 Å². The molecule has 1 atom stereocenters. The second-order valence-electron chi connectivity index (χ2n) is 5.17. The Balaban J connectivity index is 2.15. The van der Waals surface area contributed by atoms with Crippen LogP contribution in [0.15, 0.2) is 30.3 Å². The van der Waals surface area contributed by atoms with Crippen molar-refractivity contribution in [1.29, 1.82) is 0 Å². The summed E-state index contributed by atoms with van der Waals surface area (Å²) in [6.07, 6.45) is 3.03. The monoisotopic (exact) mass is 292 g/mol. The Bertz CT molecular complexity index is 484. The Morgan fingerprint density at radius 2 is 1.95 bits per heavy atom. The number of methoxy groups -OCH3 is 1. The third-order valence-corrected chi connectivity index (χ3v) is 4.26. The van der Waals surface area contributed by atoms with Gasteiger partial charge in [-0.1, -0.05) is 55.4 Å². The van der Waals surface area contributed by atoms with Crippen LogP contribution in [0.1, 0.15) is 37.4 Å². The van der Waals surface area contributed by atoms with E-state index >= 15 is 0 Å². The summed E-state index contributed by atoms with van der Waals surface area (Å²) in [4.78, 5) is 12.9.